The second-order valence-corrected chi connectivity index (χ2v) is 5.88. The van der Waals surface area contributed by atoms with Crippen LogP contribution in [0.2, 0.25) is 5.02 Å². The van der Waals surface area contributed by atoms with Gasteiger partial charge in [0.1, 0.15) is 0 Å². The number of benzene rings is 2. The summed E-state index contributed by atoms with van der Waals surface area (Å²) in [6, 6.07) is 12.4. The largest absolute Gasteiger partial charge is 0.318 e. The van der Waals surface area contributed by atoms with E-state index in [1.807, 2.05) is 12.1 Å². The van der Waals surface area contributed by atoms with Crippen LogP contribution in [0.25, 0.3) is 16.5 Å². The number of nitrogens with zero attached hydrogens (tertiary/aromatic N) is 2. The standard InChI is InChI=1S/C15H11ClN2S/c16-11-5-4-10-2-1-3-12(13(10)8-11)14-9-19-15-17-6-7-18(14)15/h1-5,8-9H,6-7H2. The summed E-state index contributed by atoms with van der Waals surface area (Å²) in [7, 11) is 0. The maximum Gasteiger partial charge on any atom is 0.168 e. The van der Waals surface area contributed by atoms with Crippen molar-refractivity contribution in [3.63, 3.8) is 0 Å². The van der Waals surface area contributed by atoms with E-state index < -0.39 is 0 Å². The van der Waals surface area contributed by atoms with Gasteiger partial charge in [-0.3, -0.25) is 4.99 Å². The van der Waals surface area contributed by atoms with Gasteiger partial charge in [-0.05, 0) is 22.9 Å². The quantitative estimate of drug-likeness (QED) is 0.780. The van der Waals surface area contributed by atoms with E-state index in [4.69, 9.17) is 11.6 Å². The maximum absolute atomic E-state index is 6.15. The molecule has 2 aromatic rings. The molecule has 2 aromatic carbocycles. The number of thioether (sulfide) groups is 1. The smallest absolute Gasteiger partial charge is 0.168 e. The summed E-state index contributed by atoms with van der Waals surface area (Å²) in [6.07, 6.45) is 0. The minimum atomic E-state index is 0.779. The van der Waals surface area contributed by atoms with Gasteiger partial charge in [-0.2, -0.15) is 0 Å². The SMILES string of the molecule is Clc1ccc2cccc(C3=CSC4=NCCN34)c2c1. The molecule has 0 aliphatic carbocycles. The summed E-state index contributed by atoms with van der Waals surface area (Å²) in [5, 5.41) is 6.51. The van der Waals surface area contributed by atoms with Crippen molar-refractivity contribution in [1.82, 2.24) is 4.90 Å². The highest BCUT2D eigenvalue weighted by Crippen LogP contribution is 2.38. The molecule has 0 amide bonds. The number of fused-ring (bicyclic) bond motifs is 2. The van der Waals surface area contributed by atoms with Crippen molar-refractivity contribution < 1.29 is 0 Å². The molecule has 0 fully saturated rings. The van der Waals surface area contributed by atoms with Gasteiger partial charge in [0.05, 0.1) is 12.2 Å². The normalized spacial score (nSPS) is 17.6. The molecule has 19 heavy (non-hydrogen) atoms. The number of halogens is 1. The fourth-order valence-corrected chi connectivity index (χ4v) is 3.73. The van der Waals surface area contributed by atoms with Crippen LogP contribution in [0.1, 0.15) is 5.56 Å². The fraction of sp³-hybridized carbons (Fsp3) is 0.133. The van der Waals surface area contributed by atoms with Gasteiger partial charge < -0.3 is 4.90 Å². The lowest BCUT2D eigenvalue weighted by Gasteiger charge is -2.18. The van der Waals surface area contributed by atoms with E-state index in [1.165, 1.54) is 22.0 Å². The summed E-state index contributed by atoms with van der Waals surface area (Å²) in [5.74, 6) is 0. The van der Waals surface area contributed by atoms with Gasteiger partial charge in [0.15, 0.2) is 5.17 Å². The summed E-state index contributed by atoms with van der Waals surface area (Å²) < 4.78 is 0. The molecule has 0 unspecified atom stereocenters. The van der Waals surface area contributed by atoms with Gasteiger partial charge in [-0.15, -0.1) is 0 Å². The lowest BCUT2D eigenvalue weighted by Crippen LogP contribution is -2.19. The van der Waals surface area contributed by atoms with Crippen LogP contribution in [0.15, 0.2) is 46.8 Å². The predicted octanol–water partition coefficient (Wildman–Crippen LogP) is 4.21. The van der Waals surface area contributed by atoms with Crippen LogP contribution in [0.3, 0.4) is 0 Å². The summed E-state index contributed by atoms with van der Waals surface area (Å²) in [6.45, 7) is 1.87. The van der Waals surface area contributed by atoms with Gasteiger partial charge in [-0.1, -0.05) is 47.6 Å². The molecule has 2 aliphatic rings. The van der Waals surface area contributed by atoms with Crippen LogP contribution in [0.4, 0.5) is 0 Å². The Balaban J connectivity index is 1.92. The molecule has 0 radical (unpaired) electrons. The molecule has 0 spiro atoms. The monoisotopic (exact) mass is 286 g/mol. The fourth-order valence-electron chi connectivity index (χ4n) is 2.60. The molecule has 2 heterocycles. The van der Waals surface area contributed by atoms with Crippen molar-refractivity contribution in [2.24, 2.45) is 4.99 Å². The first-order chi connectivity index (χ1) is 9.33. The zero-order valence-electron chi connectivity index (χ0n) is 10.1. The predicted molar refractivity (Wildman–Crippen MR) is 83.5 cm³/mol. The molecule has 2 aliphatic heterocycles. The molecule has 0 saturated heterocycles. The molecule has 0 N–H and O–H groups in total. The first-order valence-corrected chi connectivity index (χ1v) is 7.46. The third kappa shape index (κ3) is 1.77. The molecule has 4 rings (SSSR count). The van der Waals surface area contributed by atoms with Crippen LogP contribution >= 0.6 is 23.4 Å². The van der Waals surface area contributed by atoms with Gasteiger partial charge >= 0.3 is 0 Å². The number of amidine groups is 1. The van der Waals surface area contributed by atoms with Crippen LogP contribution in [-0.4, -0.2) is 23.2 Å². The molecular weight excluding hydrogens is 276 g/mol. The lowest BCUT2D eigenvalue weighted by molar-refractivity contribution is 0.650. The van der Waals surface area contributed by atoms with E-state index in [2.05, 4.69) is 39.6 Å². The van der Waals surface area contributed by atoms with Crippen molar-refractivity contribution in [2.45, 2.75) is 0 Å². The second-order valence-electron chi connectivity index (χ2n) is 4.61. The van der Waals surface area contributed by atoms with Crippen molar-refractivity contribution >= 4 is 45.0 Å². The molecule has 0 bridgehead atoms. The minimum Gasteiger partial charge on any atom is -0.318 e. The molecule has 0 aromatic heterocycles. The van der Waals surface area contributed by atoms with E-state index >= 15 is 0 Å². The zero-order valence-corrected chi connectivity index (χ0v) is 11.7. The first kappa shape index (κ1) is 11.4. The van der Waals surface area contributed by atoms with Crippen LogP contribution < -0.4 is 0 Å². The number of rotatable bonds is 1. The van der Waals surface area contributed by atoms with Gasteiger partial charge in [0, 0.05) is 22.5 Å². The van der Waals surface area contributed by atoms with Crippen LogP contribution in [-0.2, 0) is 0 Å². The highest BCUT2D eigenvalue weighted by Gasteiger charge is 2.27. The van der Waals surface area contributed by atoms with E-state index in [0.717, 1.165) is 23.3 Å². The van der Waals surface area contributed by atoms with Crippen LogP contribution in [0.5, 0.6) is 0 Å². The Morgan fingerprint density at radius 2 is 2.16 bits per heavy atom. The molecule has 4 heteroatoms. The second kappa shape index (κ2) is 4.29. The van der Waals surface area contributed by atoms with E-state index in [9.17, 15) is 0 Å². The van der Waals surface area contributed by atoms with E-state index in [-0.39, 0.29) is 0 Å². The summed E-state index contributed by atoms with van der Waals surface area (Å²) in [5.41, 5.74) is 2.48. The Bertz CT molecular complexity index is 736. The van der Waals surface area contributed by atoms with Crippen molar-refractivity contribution in [3.05, 3.63) is 52.4 Å². The molecule has 0 saturated carbocycles. The molecular formula is C15H11ClN2S. The highest BCUT2D eigenvalue weighted by molar-refractivity contribution is 8.16. The third-order valence-corrected chi connectivity index (χ3v) is 4.62. The Morgan fingerprint density at radius 3 is 3.11 bits per heavy atom. The Morgan fingerprint density at radius 1 is 1.21 bits per heavy atom. The number of hydrogen-bond acceptors (Lipinski definition) is 3. The topological polar surface area (TPSA) is 15.6 Å². The highest BCUT2D eigenvalue weighted by atomic mass is 35.5. The summed E-state index contributed by atoms with van der Waals surface area (Å²) >= 11 is 7.86. The van der Waals surface area contributed by atoms with Crippen LogP contribution in [0, 0.1) is 0 Å². The minimum absolute atomic E-state index is 0.779. The van der Waals surface area contributed by atoms with E-state index in [0.29, 0.717) is 0 Å². The molecule has 94 valence electrons. The van der Waals surface area contributed by atoms with Crippen molar-refractivity contribution in [2.75, 3.05) is 13.1 Å². The van der Waals surface area contributed by atoms with E-state index in [1.54, 1.807) is 11.8 Å². The number of aliphatic imine (C=N–C) groups is 1. The van der Waals surface area contributed by atoms with Gasteiger partial charge in [0.25, 0.3) is 0 Å². The van der Waals surface area contributed by atoms with Gasteiger partial charge in [0.2, 0.25) is 0 Å². The van der Waals surface area contributed by atoms with Crippen molar-refractivity contribution in [1.29, 1.82) is 0 Å². The Kier molecular flexibility index (Phi) is 2.57. The molecule has 0 atom stereocenters. The molecule has 2 nitrogen and oxygen atoms in total. The average molecular weight is 287 g/mol. The zero-order chi connectivity index (χ0) is 12.8. The lowest BCUT2D eigenvalue weighted by atomic mass is 10.0. The Labute approximate surface area is 120 Å². The van der Waals surface area contributed by atoms with Gasteiger partial charge in [-0.25, -0.2) is 0 Å². The first-order valence-electron chi connectivity index (χ1n) is 6.20. The van der Waals surface area contributed by atoms with Crippen molar-refractivity contribution in [3.8, 4) is 0 Å². The number of hydrogen-bond donors (Lipinski definition) is 0. The third-order valence-electron chi connectivity index (χ3n) is 3.49. The maximum atomic E-state index is 6.15. The summed E-state index contributed by atoms with van der Waals surface area (Å²) in [4.78, 5) is 6.79. The average Bonchev–Trinajstić information content (AvgIpc) is 3.00. The Hall–Kier alpha value is -1.45.